The lowest BCUT2D eigenvalue weighted by molar-refractivity contribution is 0.207. The lowest BCUT2D eigenvalue weighted by Gasteiger charge is -2.07. The summed E-state index contributed by atoms with van der Waals surface area (Å²) in [5, 5.41) is 9.33. The highest BCUT2D eigenvalue weighted by atomic mass is 32.1. The number of aromatic nitrogens is 2. The number of hydrogen-bond donors (Lipinski definition) is 1. The topological polar surface area (TPSA) is 61.0 Å². The zero-order valence-electron chi connectivity index (χ0n) is 7.40. The van der Waals surface area contributed by atoms with Crippen LogP contribution < -0.4 is 10.5 Å². The van der Waals surface area contributed by atoms with Crippen molar-refractivity contribution in [2.24, 2.45) is 5.73 Å². The van der Waals surface area contributed by atoms with E-state index in [1.807, 2.05) is 0 Å². The lowest BCUT2D eigenvalue weighted by Crippen LogP contribution is -2.10. The molecule has 1 heterocycles. The van der Waals surface area contributed by atoms with E-state index < -0.39 is 0 Å². The van der Waals surface area contributed by atoms with Gasteiger partial charge in [-0.2, -0.15) is 0 Å². The van der Waals surface area contributed by atoms with Gasteiger partial charge in [0, 0.05) is 6.54 Å². The second kappa shape index (κ2) is 4.02. The fourth-order valence-corrected chi connectivity index (χ4v) is 2.15. The van der Waals surface area contributed by atoms with Crippen LogP contribution in [-0.4, -0.2) is 16.3 Å². The Hall–Kier alpha value is -0.680. The Morgan fingerprint density at radius 1 is 1.38 bits per heavy atom. The van der Waals surface area contributed by atoms with Crippen molar-refractivity contribution in [1.29, 1.82) is 0 Å². The number of nitrogens with zero attached hydrogens (tertiary/aromatic N) is 2. The standard InChI is InChI=1S/C8H13N3OS/c9-5-7-10-11-8(13-7)12-6-3-1-2-4-6/h6H,1-5,9H2. The molecule has 4 nitrogen and oxygen atoms in total. The van der Waals surface area contributed by atoms with Crippen LogP contribution >= 0.6 is 11.3 Å². The molecule has 0 unspecified atom stereocenters. The van der Waals surface area contributed by atoms with Gasteiger partial charge in [0.1, 0.15) is 11.1 Å². The molecule has 1 fully saturated rings. The molecule has 2 N–H and O–H groups in total. The van der Waals surface area contributed by atoms with Gasteiger partial charge in [-0.1, -0.05) is 16.4 Å². The van der Waals surface area contributed by atoms with Crippen molar-refractivity contribution in [2.75, 3.05) is 0 Å². The molecular formula is C8H13N3OS. The third-order valence-electron chi connectivity index (χ3n) is 2.19. The van der Waals surface area contributed by atoms with Gasteiger partial charge in [0.25, 0.3) is 5.19 Å². The quantitative estimate of drug-likeness (QED) is 0.797. The molecule has 2 rings (SSSR count). The Labute approximate surface area is 81.1 Å². The van der Waals surface area contributed by atoms with E-state index in [1.165, 1.54) is 24.2 Å². The molecule has 1 aliphatic rings. The molecule has 0 bridgehead atoms. The minimum absolute atomic E-state index is 0.360. The predicted octanol–water partition coefficient (Wildman–Crippen LogP) is 1.32. The Bertz CT molecular complexity index is 270. The van der Waals surface area contributed by atoms with Crippen molar-refractivity contribution in [3.8, 4) is 5.19 Å². The van der Waals surface area contributed by atoms with Gasteiger partial charge in [-0.3, -0.25) is 0 Å². The Morgan fingerprint density at radius 3 is 2.77 bits per heavy atom. The van der Waals surface area contributed by atoms with Gasteiger partial charge < -0.3 is 10.5 Å². The number of hydrogen-bond acceptors (Lipinski definition) is 5. The second-order valence-electron chi connectivity index (χ2n) is 3.19. The summed E-state index contributed by atoms with van der Waals surface area (Å²) in [5.41, 5.74) is 5.42. The van der Waals surface area contributed by atoms with Gasteiger partial charge in [-0.15, -0.1) is 5.10 Å². The molecule has 0 amide bonds. The van der Waals surface area contributed by atoms with Crippen molar-refractivity contribution in [3.63, 3.8) is 0 Å². The Balaban J connectivity index is 1.92. The lowest BCUT2D eigenvalue weighted by atomic mass is 10.3. The van der Waals surface area contributed by atoms with E-state index in [-0.39, 0.29) is 0 Å². The number of nitrogens with two attached hydrogens (primary N) is 1. The van der Waals surface area contributed by atoms with Crippen LogP contribution in [0, 0.1) is 0 Å². The largest absolute Gasteiger partial charge is 0.466 e. The van der Waals surface area contributed by atoms with E-state index >= 15 is 0 Å². The van der Waals surface area contributed by atoms with Crippen molar-refractivity contribution in [1.82, 2.24) is 10.2 Å². The normalized spacial score (nSPS) is 17.9. The highest BCUT2D eigenvalue weighted by Crippen LogP contribution is 2.25. The molecule has 0 radical (unpaired) electrons. The molecule has 0 atom stereocenters. The Morgan fingerprint density at radius 2 is 2.15 bits per heavy atom. The third-order valence-corrected chi connectivity index (χ3v) is 3.03. The van der Waals surface area contributed by atoms with Crippen molar-refractivity contribution in [2.45, 2.75) is 38.3 Å². The summed E-state index contributed by atoms with van der Waals surface area (Å²) in [6.07, 6.45) is 5.20. The van der Waals surface area contributed by atoms with Gasteiger partial charge >= 0.3 is 0 Å². The first-order valence-electron chi connectivity index (χ1n) is 4.57. The van der Waals surface area contributed by atoms with Crippen LogP contribution in [-0.2, 0) is 6.54 Å². The van der Waals surface area contributed by atoms with E-state index in [0.717, 1.165) is 17.8 Å². The molecule has 0 spiro atoms. The summed E-state index contributed by atoms with van der Waals surface area (Å²) in [4.78, 5) is 0. The van der Waals surface area contributed by atoms with Crippen LogP contribution in [0.1, 0.15) is 30.7 Å². The van der Waals surface area contributed by atoms with E-state index in [1.54, 1.807) is 0 Å². The molecule has 0 aliphatic heterocycles. The summed E-state index contributed by atoms with van der Waals surface area (Å²) in [7, 11) is 0. The van der Waals surface area contributed by atoms with Crippen LogP contribution in [0.3, 0.4) is 0 Å². The molecule has 1 aliphatic carbocycles. The van der Waals surface area contributed by atoms with Crippen LogP contribution in [0.2, 0.25) is 0 Å². The average molecular weight is 199 g/mol. The summed E-state index contributed by atoms with van der Waals surface area (Å²) in [6.45, 7) is 0.450. The Kier molecular flexibility index (Phi) is 2.75. The fourth-order valence-electron chi connectivity index (χ4n) is 1.52. The number of rotatable bonds is 3. The molecule has 1 aromatic heterocycles. The van der Waals surface area contributed by atoms with Crippen molar-refractivity contribution >= 4 is 11.3 Å². The maximum absolute atomic E-state index is 5.65. The summed E-state index contributed by atoms with van der Waals surface area (Å²) < 4.78 is 5.65. The molecule has 1 saturated carbocycles. The molecule has 5 heteroatoms. The first kappa shape index (κ1) is 8.90. The maximum Gasteiger partial charge on any atom is 0.294 e. The highest BCUT2D eigenvalue weighted by molar-refractivity contribution is 7.13. The molecule has 72 valence electrons. The van der Waals surface area contributed by atoms with Crippen LogP contribution in [0.5, 0.6) is 5.19 Å². The van der Waals surface area contributed by atoms with Crippen molar-refractivity contribution < 1.29 is 4.74 Å². The number of ether oxygens (including phenoxy) is 1. The monoisotopic (exact) mass is 199 g/mol. The molecular weight excluding hydrogens is 186 g/mol. The van der Waals surface area contributed by atoms with Crippen LogP contribution in [0.15, 0.2) is 0 Å². The maximum atomic E-state index is 5.65. The zero-order chi connectivity index (χ0) is 9.10. The van der Waals surface area contributed by atoms with E-state index in [0.29, 0.717) is 17.8 Å². The fraction of sp³-hybridized carbons (Fsp3) is 0.750. The molecule has 13 heavy (non-hydrogen) atoms. The average Bonchev–Trinajstić information content (AvgIpc) is 2.76. The van der Waals surface area contributed by atoms with Gasteiger partial charge in [0.05, 0.1) is 0 Å². The molecule has 0 saturated heterocycles. The minimum atomic E-state index is 0.360. The zero-order valence-corrected chi connectivity index (χ0v) is 8.22. The summed E-state index contributed by atoms with van der Waals surface area (Å²) in [5.74, 6) is 0. The second-order valence-corrected chi connectivity index (χ2v) is 4.21. The van der Waals surface area contributed by atoms with Gasteiger partial charge in [0.2, 0.25) is 0 Å². The summed E-state index contributed by atoms with van der Waals surface area (Å²) in [6, 6.07) is 0. The third kappa shape index (κ3) is 2.16. The smallest absolute Gasteiger partial charge is 0.294 e. The molecule has 1 aromatic rings. The molecule has 0 aromatic carbocycles. The van der Waals surface area contributed by atoms with Crippen LogP contribution in [0.4, 0.5) is 0 Å². The van der Waals surface area contributed by atoms with Crippen molar-refractivity contribution in [3.05, 3.63) is 5.01 Å². The van der Waals surface area contributed by atoms with Gasteiger partial charge in [-0.05, 0) is 25.7 Å². The summed E-state index contributed by atoms with van der Waals surface area (Å²) >= 11 is 1.45. The van der Waals surface area contributed by atoms with Gasteiger partial charge in [0.15, 0.2) is 0 Å². The van der Waals surface area contributed by atoms with Gasteiger partial charge in [-0.25, -0.2) is 0 Å². The SMILES string of the molecule is NCc1nnc(OC2CCCC2)s1. The van der Waals surface area contributed by atoms with E-state index in [9.17, 15) is 0 Å². The highest BCUT2D eigenvalue weighted by Gasteiger charge is 2.18. The van der Waals surface area contributed by atoms with E-state index in [2.05, 4.69) is 10.2 Å². The first-order chi connectivity index (χ1) is 6.38. The first-order valence-corrected chi connectivity index (χ1v) is 5.39. The predicted molar refractivity (Wildman–Crippen MR) is 50.7 cm³/mol. The minimum Gasteiger partial charge on any atom is -0.466 e. The van der Waals surface area contributed by atoms with E-state index in [4.69, 9.17) is 10.5 Å². The van der Waals surface area contributed by atoms with Crippen LogP contribution in [0.25, 0.3) is 0 Å².